The summed E-state index contributed by atoms with van der Waals surface area (Å²) in [5.74, 6) is -0.625. The minimum Gasteiger partial charge on any atom is -0.469 e. The second kappa shape index (κ2) is 7.66. The van der Waals surface area contributed by atoms with Crippen LogP contribution < -0.4 is 5.32 Å². The highest BCUT2D eigenvalue weighted by molar-refractivity contribution is 7.92. The second-order valence-corrected chi connectivity index (χ2v) is 6.74. The van der Waals surface area contributed by atoms with Gasteiger partial charge in [-0.15, -0.1) is 0 Å². The Kier molecular flexibility index (Phi) is 7.38. The summed E-state index contributed by atoms with van der Waals surface area (Å²) in [5.41, 5.74) is 0. The third-order valence-corrected chi connectivity index (χ3v) is 4.86. The van der Waals surface area contributed by atoms with Gasteiger partial charge in [0.1, 0.15) is 0 Å². The molecule has 0 aliphatic carbocycles. The van der Waals surface area contributed by atoms with E-state index < -0.39 is 21.1 Å². The minimum absolute atomic E-state index is 0.0707. The van der Waals surface area contributed by atoms with Crippen molar-refractivity contribution < 1.29 is 17.9 Å². The first-order valence-electron chi connectivity index (χ1n) is 5.85. The Balaban J connectivity index is 4.25. The van der Waals surface area contributed by atoms with Gasteiger partial charge in [0, 0.05) is 6.04 Å². The molecule has 0 bridgehead atoms. The van der Waals surface area contributed by atoms with Crippen molar-refractivity contribution in [3.63, 3.8) is 0 Å². The van der Waals surface area contributed by atoms with Gasteiger partial charge in [-0.05, 0) is 26.8 Å². The van der Waals surface area contributed by atoms with Crippen LogP contribution in [0.2, 0.25) is 0 Å². The molecule has 0 aromatic carbocycles. The number of hydrogen-bond donors (Lipinski definition) is 1. The number of esters is 1. The topological polar surface area (TPSA) is 72.5 Å². The molecule has 0 heterocycles. The zero-order valence-corrected chi connectivity index (χ0v) is 11.8. The first-order valence-corrected chi connectivity index (χ1v) is 7.56. The van der Waals surface area contributed by atoms with E-state index in [9.17, 15) is 13.2 Å². The fourth-order valence-electron chi connectivity index (χ4n) is 1.61. The molecule has 5 nitrogen and oxygen atoms in total. The molecule has 102 valence electrons. The van der Waals surface area contributed by atoms with Crippen LogP contribution in [0.15, 0.2) is 0 Å². The molecule has 2 unspecified atom stereocenters. The molecule has 17 heavy (non-hydrogen) atoms. The predicted octanol–water partition coefficient (Wildman–Crippen LogP) is 0.741. The van der Waals surface area contributed by atoms with Crippen LogP contribution in [0.25, 0.3) is 0 Å². The number of carbonyl (C=O) groups is 1. The molecule has 0 aromatic heterocycles. The fourth-order valence-corrected chi connectivity index (χ4v) is 3.04. The normalized spacial score (nSPS) is 15.3. The van der Waals surface area contributed by atoms with Crippen LogP contribution in [0.5, 0.6) is 0 Å². The smallest absolute Gasteiger partial charge is 0.306 e. The number of rotatable bonds is 8. The first kappa shape index (κ1) is 16.4. The SMILES string of the molecule is CCNC(C)CC(C)S(=O)(=O)CCC(=O)OC. The highest BCUT2D eigenvalue weighted by Crippen LogP contribution is 2.10. The van der Waals surface area contributed by atoms with E-state index in [2.05, 4.69) is 10.1 Å². The molecular weight excluding hydrogens is 242 g/mol. The van der Waals surface area contributed by atoms with E-state index in [1.54, 1.807) is 6.92 Å². The molecule has 0 radical (unpaired) electrons. The Labute approximate surface area is 104 Å². The van der Waals surface area contributed by atoms with E-state index in [4.69, 9.17) is 0 Å². The lowest BCUT2D eigenvalue weighted by molar-refractivity contribution is -0.140. The summed E-state index contributed by atoms with van der Waals surface area (Å²) in [4.78, 5) is 10.9. The number of sulfone groups is 1. The number of methoxy groups -OCH3 is 1. The Morgan fingerprint density at radius 1 is 1.35 bits per heavy atom. The van der Waals surface area contributed by atoms with E-state index in [0.717, 1.165) is 6.54 Å². The van der Waals surface area contributed by atoms with Crippen molar-refractivity contribution in [1.82, 2.24) is 5.32 Å². The summed E-state index contributed by atoms with van der Waals surface area (Å²) in [7, 11) is -1.96. The van der Waals surface area contributed by atoms with Crippen LogP contribution in [0.3, 0.4) is 0 Å². The van der Waals surface area contributed by atoms with Gasteiger partial charge in [-0.25, -0.2) is 8.42 Å². The molecule has 0 aromatic rings. The van der Waals surface area contributed by atoms with Gasteiger partial charge in [0.15, 0.2) is 9.84 Å². The summed E-state index contributed by atoms with van der Waals surface area (Å²) < 4.78 is 28.1. The molecule has 0 aliphatic heterocycles. The summed E-state index contributed by atoms with van der Waals surface area (Å²) in [6.07, 6.45) is 0.482. The Hall–Kier alpha value is -0.620. The van der Waals surface area contributed by atoms with E-state index in [1.807, 2.05) is 13.8 Å². The summed E-state index contributed by atoms with van der Waals surface area (Å²) in [6.45, 7) is 6.43. The number of ether oxygens (including phenoxy) is 1. The molecule has 0 fully saturated rings. The average molecular weight is 265 g/mol. The maximum absolute atomic E-state index is 11.9. The molecule has 2 atom stereocenters. The lowest BCUT2D eigenvalue weighted by atomic mass is 10.2. The lowest BCUT2D eigenvalue weighted by Gasteiger charge is -2.18. The third kappa shape index (κ3) is 6.63. The first-order chi connectivity index (χ1) is 7.83. The highest BCUT2D eigenvalue weighted by Gasteiger charge is 2.23. The molecule has 6 heteroatoms. The maximum atomic E-state index is 11.9. The number of nitrogens with one attached hydrogen (secondary N) is 1. The Morgan fingerprint density at radius 2 is 1.94 bits per heavy atom. The zero-order chi connectivity index (χ0) is 13.5. The maximum Gasteiger partial charge on any atom is 0.306 e. The van der Waals surface area contributed by atoms with Gasteiger partial charge in [0.2, 0.25) is 0 Å². The van der Waals surface area contributed by atoms with Crippen LogP contribution >= 0.6 is 0 Å². The second-order valence-electron chi connectivity index (χ2n) is 4.20. The molecule has 0 rings (SSSR count). The van der Waals surface area contributed by atoms with Gasteiger partial charge >= 0.3 is 5.97 Å². The minimum atomic E-state index is -3.22. The molecule has 0 amide bonds. The van der Waals surface area contributed by atoms with Gasteiger partial charge in [0.05, 0.1) is 24.5 Å². The quantitative estimate of drug-likeness (QED) is 0.655. The summed E-state index contributed by atoms with van der Waals surface area (Å²) >= 11 is 0. The molecular formula is C11H23NO4S. The van der Waals surface area contributed by atoms with Crippen LogP contribution in [-0.4, -0.2) is 45.1 Å². The Morgan fingerprint density at radius 3 is 2.41 bits per heavy atom. The number of carbonyl (C=O) groups excluding carboxylic acids is 1. The van der Waals surface area contributed by atoms with Gasteiger partial charge in [-0.1, -0.05) is 6.92 Å². The van der Waals surface area contributed by atoms with Crippen molar-refractivity contribution in [2.24, 2.45) is 0 Å². The van der Waals surface area contributed by atoms with Crippen molar-refractivity contribution in [3.8, 4) is 0 Å². The van der Waals surface area contributed by atoms with Gasteiger partial charge in [-0.2, -0.15) is 0 Å². The monoisotopic (exact) mass is 265 g/mol. The zero-order valence-electron chi connectivity index (χ0n) is 11.0. The van der Waals surface area contributed by atoms with Crippen LogP contribution in [-0.2, 0) is 19.4 Å². The van der Waals surface area contributed by atoms with Crippen molar-refractivity contribution in [3.05, 3.63) is 0 Å². The van der Waals surface area contributed by atoms with E-state index in [-0.39, 0.29) is 18.2 Å². The van der Waals surface area contributed by atoms with Crippen molar-refractivity contribution in [2.75, 3.05) is 19.4 Å². The van der Waals surface area contributed by atoms with Crippen molar-refractivity contribution in [1.29, 1.82) is 0 Å². The van der Waals surface area contributed by atoms with E-state index >= 15 is 0 Å². The van der Waals surface area contributed by atoms with Crippen LogP contribution in [0.1, 0.15) is 33.6 Å². The van der Waals surface area contributed by atoms with Crippen molar-refractivity contribution in [2.45, 2.75) is 44.9 Å². The van der Waals surface area contributed by atoms with E-state index in [1.165, 1.54) is 7.11 Å². The summed E-state index contributed by atoms with van der Waals surface area (Å²) in [6, 6.07) is 0.155. The predicted molar refractivity (Wildman–Crippen MR) is 67.6 cm³/mol. The van der Waals surface area contributed by atoms with Gasteiger partial charge in [-0.3, -0.25) is 4.79 Å². The van der Waals surface area contributed by atoms with Crippen LogP contribution in [0, 0.1) is 0 Å². The molecule has 0 aliphatic rings. The Bertz CT molecular complexity index is 326. The molecule has 0 spiro atoms. The molecule has 0 saturated carbocycles. The highest BCUT2D eigenvalue weighted by atomic mass is 32.2. The molecule has 0 saturated heterocycles. The third-order valence-electron chi connectivity index (χ3n) is 2.67. The van der Waals surface area contributed by atoms with Gasteiger partial charge in [0.25, 0.3) is 0 Å². The largest absolute Gasteiger partial charge is 0.469 e. The fraction of sp³-hybridized carbons (Fsp3) is 0.909. The standard InChI is InChI=1S/C11H23NO4S/c1-5-12-9(2)8-10(3)17(14,15)7-6-11(13)16-4/h9-10,12H,5-8H2,1-4H3. The average Bonchev–Trinajstić information content (AvgIpc) is 2.26. The van der Waals surface area contributed by atoms with Gasteiger partial charge < -0.3 is 10.1 Å². The van der Waals surface area contributed by atoms with Crippen molar-refractivity contribution >= 4 is 15.8 Å². The number of hydrogen-bond acceptors (Lipinski definition) is 5. The molecule has 1 N–H and O–H groups in total. The van der Waals surface area contributed by atoms with Crippen LogP contribution in [0.4, 0.5) is 0 Å². The van der Waals surface area contributed by atoms with E-state index in [0.29, 0.717) is 6.42 Å². The lowest BCUT2D eigenvalue weighted by Crippen LogP contribution is -2.33. The summed E-state index contributed by atoms with van der Waals surface area (Å²) in [5, 5.41) is 2.73.